The van der Waals surface area contributed by atoms with E-state index in [9.17, 15) is 36.0 Å². The monoisotopic (exact) mass is 479 g/mol. The number of benzene rings is 1. The van der Waals surface area contributed by atoms with E-state index in [1.165, 1.54) is 13.0 Å². The third-order valence-electron chi connectivity index (χ3n) is 4.83. The highest BCUT2D eigenvalue weighted by Gasteiger charge is 2.40. The molecule has 1 heterocycles. The van der Waals surface area contributed by atoms with E-state index in [1.54, 1.807) is 6.92 Å². The normalized spacial score (nSPS) is 16.8. The van der Waals surface area contributed by atoms with Gasteiger partial charge in [-0.25, -0.2) is 13.2 Å². The maximum atomic E-state index is 13.2. The molecule has 13 heteroatoms. The molecule has 1 aromatic rings. The zero-order valence-corrected chi connectivity index (χ0v) is 18.3. The first kappa shape index (κ1) is 25.6. The Balaban J connectivity index is 1.99. The van der Waals surface area contributed by atoms with Gasteiger partial charge in [0.15, 0.2) is 6.10 Å². The lowest BCUT2D eigenvalue weighted by Gasteiger charge is -2.31. The smallest absolute Gasteiger partial charge is 0.417 e. The summed E-state index contributed by atoms with van der Waals surface area (Å²) in [7, 11) is -4.43. The fraction of sp³-hybridized carbons (Fsp3) is 0.526. The molecule has 32 heavy (non-hydrogen) atoms. The number of ether oxygens (including phenoxy) is 1. The number of esters is 1. The van der Waals surface area contributed by atoms with Crippen LogP contribution in [0.15, 0.2) is 29.2 Å². The molecule has 1 aliphatic rings. The van der Waals surface area contributed by atoms with Gasteiger partial charge in [-0.3, -0.25) is 14.9 Å². The number of carbonyl (C=O) groups is 3. The van der Waals surface area contributed by atoms with E-state index in [1.807, 2.05) is 5.32 Å². The summed E-state index contributed by atoms with van der Waals surface area (Å²) in [6, 6.07) is 3.17. The van der Waals surface area contributed by atoms with Crippen LogP contribution in [0.1, 0.15) is 32.3 Å². The predicted molar refractivity (Wildman–Crippen MR) is 106 cm³/mol. The fourth-order valence-electron chi connectivity index (χ4n) is 3.14. The van der Waals surface area contributed by atoms with Crippen molar-refractivity contribution in [1.29, 1.82) is 0 Å². The zero-order chi connectivity index (χ0) is 24.1. The molecule has 1 unspecified atom stereocenters. The summed E-state index contributed by atoms with van der Waals surface area (Å²) < 4.78 is 71.2. The van der Waals surface area contributed by atoms with Crippen LogP contribution in [0.4, 0.5) is 18.0 Å². The minimum atomic E-state index is -4.84. The van der Waals surface area contributed by atoms with Crippen molar-refractivity contribution >= 4 is 27.9 Å². The Bertz CT molecular complexity index is 959. The lowest BCUT2D eigenvalue weighted by atomic mass is 9.98. The van der Waals surface area contributed by atoms with Gasteiger partial charge in [-0.15, -0.1) is 0 Å². The minimum Gasteiger partial charge on any atom is -0.452 e. The number of rotatable bonds is 6. The van der Waals surface area contributed by atoms with Crippen molar-refractivity contribution in [2.24, 2.45) is 5.92 Å². The number of sulfonamides is 1. The van der Waals surface area contributed by atoms with Gasteiger partial charge in [-0.2, -0.15) is 17.5 Å². The molecule has 1 atom stereocenters. The number of nitrogens with one attached hydrogen (secondary N) is 2. The van der Waals surface area contributed by atoms with Crippen molar-refractivity contribution in [3.8, 4) is 0 Å². The molecular weight excluding hydrogens is 455 g/mol. The summed E-state index contributed by atoms with van der Waals surface area (Å²) in [4.78, 5) is 34.7. The van der Waals surface area contributed by atoms with E-state index < -0.39 is 56.6 Å². The second-order valence-corrected chi connectivity index (χ2v) is 9.01. The third-order valence-corrected chi connectivity index (χ3v) is 6.79. The average Bonchev–Trinajstić information content (AvgIpc) is 2.73. The number of urea groups is 1. The van der Waals surface area contributed by atoms with Crippen molar-refractivity contribution in [3.63, 3.8) is 0 Å². The number of halogens is 3. The van der Waals surface area contributed by atoms with Crippen molar-refractivity contribution < 1.29 is 40.7 Å². The summed E-state index contributed by atoms with van der Waals surface area (Å²) in [5, 5.41) is 4.36. The van der Waals surface area contributed by atoms with Crippen LogP contribution in [0.5, 0.6) is 0 Å². The Kier molecular flexibility index (Phi) is 8.24. The molecule has 1 fully saturated rings. The maximum Gasteiger partial charge on any atom is 0.417 e. The van der Waals surface area contributed by atoms with Crippen LogP contribution in [0.3, 0.4) is 0 Å². The molecule has 2 N–H and O–H groups in total. The maximum absolute atomic E-state index is 13.2. The Morgan fingerprint density at radius 2 is 1.78 bits per heavy atom. The summed E-state index contributed by atoms with van der Waals surface area (Å²) >= 11 is 0. The standard InChI is InChI=1S/C19H24F3N3O6S/c1-3-23-18(28)24-16(26)12(2)31-17(27)13-8-10-25(11-9-13)32(29,30)15-7-5-4-6-14(15)19(20,21)22/h4-7,12-13H,3,8-11H2,1-2H3,(H2,23,24,26,28). The van der Waals surface area contributed by atoms with Crippen LogP contribution >= 0.6 is 0 Å². The van der Waals surface area contributed by atoms with Crippen molar-refractivity contribution in [2.45, 2.75) is 43.9 Å². The number of piperidine rings is 1. The molecule has 0 aromatic heterocycles. The molecule has 1 aromatic carbocycles. The largest absolute Gasteiger partial charge is 0.452 e. The molecule has 3 amide bonds. The number of hydrogen-bond donors (Lipinski definition) is 2. The molecule has 0 radical (unpaired) electrons. The van der Waals surface area contributed by atoms with E-state index in [-0.39, 0.29) is 25.9 Å². The van der Waals surface area contributed by atoms with Gasteiger partial charge in [-0.05, 0) is 38.8 Å². The first-order valence-electron chi connectivity index (χ1n) is 9.83. The van der Waals surface area contributed by atoms with Crippen molar-refractivity contribution in [3.05, 3.63) is 29.8 Å². The van der Waals surface area contributed by atoms with Gasteiger partial charge in [-0.1, -0.05) is 12.1 Å². The number of alkyl halides is 3. The van der Waals surface area contributed by atoms with Crippen LogP contribution in [0.25, 0.3) is 0 Å². The van der Waals surface area contributed by atoms with Crippen LogP contribution < -0.4 is 10.6 Å². The molecule has 2 rings (SSSR count). The van der Waals surface area contributed by atoms with Gasteiger partial charge >= 0.3 is 18.2 Å². The quantitative estimate of drug-likeness (QED) is 0.601. The van der Waals surface area contributed by atoms with Gasteiger partial charge in [0, 0.05) is 19.6 Å². The van der Waals surface area contributed by atoms with Crippen molar-refractivity contribution in [1.82, 2.24) is 14.9 Å². The average molecular weight is 479 g/mol. The number of amides is 3. The van der Waals surface area contributed by atoms with Gasteiger partial charge < -0.3 is 10.1 Å². The van der Waals surface area contributed by atoms with Crippen LogP contribution in [-0.2, 0) is 30.5 Å². The number of hydrogen-bond acceptors (Lipinski definition) is 6. The first-order valence-corrected chi connectivity index (χ1v) is 11.3. The molecule has 9 nitrogen and oxygen atoms in total. The topological polar surface area (TPSA) is 122 Å². The molecule has 0 spiro atoms. The Hall–Kier alpha value is -2.67. The Morgan fingerprint density at radius 3 is 2.34 bits per heavy atom. The molecule has 1 saturated heterocycles. The van der Waals surface area contributed by atoms with Gasteiger partial charge in [0.25, 0.3) is 5.91 Å². The van der Waals surface area contributed by atoms with Crippen LogP contribution in [-0.4, -0.2) is 56.4 Å². The molecule has 1 aliphatic heterocycles. The lowest BCUT2D eigenvalue weighted by molar-refractivity contribution is -0.159. The summed E-state index contributed by atoms with van der Waals surface area (Å²) in [5.74, 6) is -2.32. The van der Waals surface area contributed by atoms with E-state index in [2.05, 4.69) is 5.32 Å². The summed E-state index contributed by atoms with van der Waals surface area (Å²) in [6.45, 7) is 2.85. The van der Waals surface area contributed by atoms with Gasteiger partial charge in [0.1, 0.15) is 0 Å². The SMILES string of the molecule is CCNC(=O)NC(=O)C(C)OC(=O)C1CCN(S(=O)(=O)c2ccccc2C(F)(F)F)CC1. The number of nitrogens with zero attached hydrogens (tertiary/aromatic N) is 1. The highest BCUT2D eigenvalue weighted by molar-refractivity contribution is 7.89. The van der Waals surface area contributed by atoms with E-state index in [4.69, 9.17) is 4.74 Å². The molecule has 0 saturated carbocycles. The predicted octanol–water partition coefficient (Wildman–Crippen LogP) is 1.88. The van der Waals surface area contributed by atoms with Crippen molar-refractivity contribution in [2.75, 3.05) is 19.6 Å². The fourth-order valence-corrected chi connectivity index (χ4v) is 4.82. The molecule has 178 valence electrons. The summed E-state index contributed by atoms with van der Waals surface area (Å²) in [5.41, 5.74) is -1.26. The van der Waals surface area contributed by atoms with Gasteiger partial charge in [0.2, 0.25) is 10.0 Å². The highest BCUT2D eigenvalue weighted by Crippen LogP contribution is 2.36. The second-order valence-electron chi connectivity index (χ2n) is 7.10. The van der Waals surface area contributed by atoms with Crippen LogP contribution in [0, 0.1) is 5.92 Å². The highest BCUT2D eigenvalue weighted by atomic mass is 32.2. The number of imide groups is 1. The van der Waals surface area contributed by atoms with Crippen LogP contribution in [0.2, 0.25) is 0 Å². The molecular formula is C19H24F3N3O6S. The Morgan fingerprint density at radius 1 is 1.19 bits per heavy atom. The second kappa shape index (κ2) is 10.3. The minimum absolute atomic E-state index is 0.0108. The first-order chi connectivity index (χ1) is 14.9. The molecule has 0 bridgehead atoms. The Labute approximate surface area is 183 Å². The van der Waals surface area contributed by atoms with E-state index >= 15 is 0 Å². The lowest BCUT2D eigenvalue weighted by Crippen LogP contribution is -2.46. The van der Waals surface area contributed by atoms with E-state index in [0.717, 1.165) is 16.4 Å². The van der Waals surface area contributed by atoms with E-state index in [0.29, 0.717) is 12.6 Å². The van der Waals surface area contributed by atoms with Gasteiger partial charge in [0.05, 0.1) is 16.4 Å². The summed E-state index contributed by atoms with van der Waals surface area (Å²) in [6.07, 6.45) is -6.07. The number of carbonyl (C=O) groups excluding carboxylic acids is 3. The molecule has 0 aliphatic carbocycles. The zero-order valence-electron chi connectivity index (χ0n) is 17.4. The third kappa shape index (κ3) is 6.19.